The molecule has 5 heteroatoms. The SMILES string of the molecule is O=S1(=O)CCCN(CCCCBr)CC1. The molecular formula is C9H18BrNO2S. The quantitative estimate of drug-likeness (QED) is 0.576. The highest BCUT2D eigenvalue weighted by Gasteiger charge is 2.18. The maximum atomic E-state index is 11.3. The molecule has 0 spiro atoms. The summed E-state index contributed by atoms with van der Waals surface area (Å²) >= 11 is 3.39. The van der Waals surface area contributed by atoms with Crippen molar-refractivity contribution in [3.63, 3.8) is 0 Å². The van der Waals surface area contributed by atoms with Gasteiger partial charge in [0.05, 0.1) is 11.5 Å². The molecule has 3 nitrogen and oxygen atoms in total. The minimum atomic E-state index is -2.73. The Labute approximate surface area is 94.9 Å². The molecule has 0 N–H and O–H groups in total. The van der Waals surface area contributed by atoms with E-state index in [1.807, 2.05) is 0 Å². The van der Waals surface area contributed by atoms with E-state index < -0.39 is 9.84 Å². The van der Waals surface area contributed by atoms with E-state index in [2.05, 4.69) is 20.8 Å². The van der Waals surface area contributed by atoms with Gasteiger partial charge >= 0.3 is 0 Å². The predicted octanol–water partition coefficient (Wildman–Crippen LogP) is 1.28. The molecule has 0 aromatic carbocycles. The summed E-state index contributed by atoms with van der Waals surface area (Å²) in [6.45, 7) is 2.72. The van der Waals surface area contributed by atoms with Crippen molar-refractivity contribution in [2.45, 2.75) is 19.3 Å². The van der Waals surface area contributed by atoms with Crippen LogP contribution in [0.3, 0.4) is 0 Å². The molecule has 1 fully saturated rings. The van der Waals surface area contributed by atoms with Gasteiger partial charge in [0.2, 0.25) is 0 Å². The van der Waals surface area contributed by atoms with Gasteiger partial charge in [-0.25, -0.2) is 8.42 Å². The van der Waals surface area contributed by atoms with Gasteiger partial charge in [-0.2, -0.15) is 0 Å². The normalized spacial score (nSPS) is 23.2. The third kappa shape index (κ3) is 4.75. The number of nitrogens with zero attached hydrogens (tertiary/aromatic N) is 1. The summed E-state index contributed by atoms with van der Waals surface area (Å²) in [5, 5.41) is 1.04. The number of unbranched alkanes of at least 4 members (excludes halogenated alkanes) is 1. The van der Waals surface area contributed by atoms with Crippen LogP contribution in [0.2, 0.25) is 0 Å². The largest absolute Gasteiger partial charge is 0.302 e. The molecule has 1 saturated heterocycles. The van der Waals surface area contributed by atoms with Crippen LogP contribution in [-0.4, -0.2) is 49.8 Å². The zero-order valence-electron chi connectivity index (χ0n) is 8.41. The van der Waals surface area contributed by atoms with Crippen LogP contribution in [0.5, 0.6) is 0 Å². The molecule has 1 rings (SSSR count). The fourth-order valence-electron chi connectivity index (χ4n) is 1.64. The Morgan fingerprint density at radius 3 is 2.64 bits per heavy atom. The summed E-state index contributed by atoms with van der Waals surface area (Å²) in [5.41, 5.74) is 0. The minimum Gasteiger partial charge on any atom is -0.302 e. The minimum absolute atomic E-state index is 0.349. The Balaban J connectivity index is 2.28. The Morgan fingerprint density at radius 1 is 1.14 bits per heavy atom. The van der Waals surface area contributed by atoms with Crippen LogP contribution in [0.15, 0.2) is 0 Å². The molecule has 0 aromatic heterocycles. The second-order valence-electron chi connectivity index (χ2n) is 3.74. The zero-order chi connectivity index (χ0) is 10.4. The van der Waals surface area contributed by atoms with Crippen LogP contribution in [-0.2, 0) is 9.84 Å². The monoisotopic (exact) mass is 283 g/mol. The third-order valence-corrected chi connectivity index (χ3v) is 4.78. The number of halogens is 1. The highest BCUT2D eigenvalue weighted by molar-refractivity contribution is 9.09. The average molecular weight is 284 g/mol. The van der Waals surface area contributed by atoms with E-state index in [9.17, 15) is 8.42 Å². The van der Waals surface area contributed by atoms with Gasteiger partial charge in [-0.15, -0.1) is 0 Å². The molecule has 14 heavy (non-hydrogen) atoms. The Kier molecular flexibility index (Phi) is 5.41. The average Bonchev–Trinajstić information content (AvgIpc) is 2.28. The number of rotatable bonds is 4. The molecule has 0 unspecified atom stereocenters. The van der Waals surface area contributed by atoms with Crippen molar-refractivity contribution >= 4 is 25.8 Å². The first-order valence-corrected chi connectivity index (χ1v) is 8.07. The van der Waals surface area contributed by atoms with Gasteiger partial charge in [-0.3, -0.25) is 0 Å². The summed E-state index contributed by atoms with van der Waals surface area (Å²) in [4.78, 5) is 2.27. The molecule has 0 bridgehead atoms. The highest BCUT2D eigenvalue weighted by atomic mass is 79.9. The van der Waals surface area contributed by atoms with Crippen molar-refractivity contribution in [1.82, 2.24) is 4.90 Å². The van der Waals surface area contributed by atoms with Gasteiger partial charge < -0.3 is 4.90 Å². The van der Waals surface area contributed by atoms with Gasteiger partial charge in [0, 0.05) is 11.9 Å². The van der Waals surface area contributed by atoms with E-state index in [1.54, 1.807) is 0 Å². The van der Waals surface area contributed by atoms with Gasteiger partial charge in [0.1, 0.15) is 0 Å². The summed E-state index contributed by atoms with van der Waals surface area (Å²) < 4.78 is 22.6. The Bertz CT molecular complexity index is 254. The lowest BCUT2D eigenvalue weighted by Crippen LogP contribution is -2.28. The number of hydrogen-bond donors (Lipinski definition) is 0. The Morgan fingerprint density at radius 2 is 1.93 bits per heavy atom. The van der Waals surface area contributed by atoms with Crippen LogP contribution < -0.4 is 0 Å². The van der Waals surface area contributed by atoms with Crippen molar-refractivity contribution in [2.24, 2.45) is 0 Å². The summed E-state index contributed by atoms with van der Waals surface area (Å²) in [6.07, 6.45) is 3.13. The molecule has 1 aliphatic heterocycles. The molecule has 0 saturated carbocycles. The fourth-order valence-corrected chi connectivity index (χ4v) is 3.35. The van der Waals surface area contributed by atoms with Crippen LogP contribution in [0, 0.1) is 0 Å². The standard InChI is InChI=1S/C9H18BrNO2S/c10-4-1-2-5-11-6-3-8-14(12,13)9-7-11/h1-9H2. The second kappa shape index (κ2) is 6.08. The first-order chi connectivity index (χ1) is 6.64. The molecule has 0 amide bonds. The number of sulfone groups is 1. The summed E-state index contributed by atoms with van der Waals surface area (Å²) in [6, 6.07) is 0. The van der Waals surface area contributed by atoms with E-state index in [1.165, 1.54) is 6.42 Å². The lowest BCUT2D eigenvalue weighted by Gasteiger charge is -2.18. The van der Waals surface area contributed by atoms with Crippen molar-refractivity contribution in [3.8, 4) is 0 Å². The van der Waals surface area contributed by atoms with E-state index in [0.29, 0.717) is 11.5 Å². The molecule has 1 aliphatic rings. The lowest BCUT2D eigenvalue weighted by molar-refractivity contribution is 0.291. The maximum absolute atomic E-state index is 11.3. The van der Waals surface area contributed by atoms with Crippen molar-refractivity contribution in [1.29, 1.82) is 0 Å². The van der Waals surface area contributed by atoms with Crippen LogP contribution in [0.25, 0.3) is 0 Å². The summed E-state index contributed by atoms with van der Waals surface area (Å²) in [7, 11) is -2.73. The van der Waals surface area contributed by atoms with Crippen LogP contribution in [0.4, 0.5) is 0 Å². The molecule has 84 valence electrons. The highest BCUT2D eigenvalue weighted by Crippen LogP contribution is 2.06. The lowest BCUT2D eigenvalue weighted by atomic mass is 10.3. The number of hydrogen-bond acceptors (Lipinski definition) is 3. The maximum Gasteiger partial charge on any atom is 0.151 e. The molecule has 1 heterocycles. The zero-order valence-corrected chi connectivity index (χ0v) is 10.8. The molecular weight excluding hydrogens is 266 g/mol. The van der Waals surface area contributed by atoms with E-state index >= 15 is 0 Å². The molecule has 0 atom stereocenters. The first-order valence-electron chi connectivity index (χ1n) is 5.13. The van der Waals surface area contributed by atoms with Crippen molar-refractivity contribution in [3.05, 3.63) is 0 Å². The van der Waals surface area contributed by atoms with Crippen LogP contribution >= 0.6 is 15.9 Å². The number of alkyl halides is 1. The van der Waals surface area contributed by atoms with Gasteiger partial charge in [-0.05, 0) is 32.4 Å². The van der Waals surface area contributed by atoms with Crippen LogP contribution in [0.1, 0.15) is 19.3 Å². The molecule has 0 aromatic rings. The molecule has 0 aliphatic carbocycles. The predicted molar refractivity (Wildman–Crippen MR) is 62.7 cm³/mol. The summed E-state index contributed by atoms with van der Waals surface area (Å²) in [5.74, 6) is 0.725. The van der Waals surface area contributed by atoms with E-state index in [0.717, 1.165) is 37.8 Å². The van der Waals surface area contributed by atoms with Gasteiger partial charge in [0.15, 0.2) is 9.84 Å². The smallest absolute Gasteiger partial charge is 0.151 e. The first kappa shape index (κ1) is 12.5. The van der Waals surface area contributed by atoms with Crippen molar-refractivity contribution < 1.29 is 8.42 Å². The fraction of sp³-hybridized carbons (Fsp3) is 1.00. The third-order valence-electron chi connectivity index (χ3n) is 2.51. The van der Waals surface area contributed by atoms with E-state index in [-0.39, 0.29) is 0 Å². The van der Waals surface area contributed by atoms with Gasteiger partial charge in [0.25, 0.3) is 0 Å². The Hall–Kier alpha value is 0.390. The second-order valence-corrected chi connectivity index (χ2v) is 6.84. The van der Waals surface area contributed by atoms with Crippen molar-refractivity contribution in [2.75, 3.05) is 36.5 Å². The van der Waals surface area contributed by atoms with E-state index in [4.69, 9.17) is 0 Å². The molecule has 0 radical (unpaired) electrons. The van der Waals surface area contributed by atoms with Gasteiger partial charge in [-0.1, -0.05) is 15.9 Å². The topological polar surface area (TPSA) is 37.4 Å².